The molecule has 0 unspecified atom stereocenters. The van der Waals surface area contributed by atoms with Gasteiger partial charge in [-0.3, -0.25) is 0 Å². The third-order valence-corrected chi connectivity index (χ3v) is 5.69. The third kappa shape index (κ3) is 8.66. The first-order valence-electron chi connectivity index (χ1n) is 8.69. The van der Waals surface area contributed by atoms with Crippen LogP contribution < -0.4 is 0 Å². The van der Waals surface area contributed by atoms with Crippen LogP contribution in [0.2, 0.25) is 0 Å². The van der Waals surface area contributed by atoms with Crippen LogP contribution in [0.25, 0.3) is 0 Å². The Labute approximate surface area is 149 Å². The minimum Gasteiger partial charge on any atom is -0.476 e. The SMILES string of the molecule is CCCCCCSc1ccc(SCCCCCC)c(C(=O)O)n1. The number of rotatable bonds is 13. The summed E-state index contributed by atoms with van der Waals surface area (Å²) in [4.78, 5) is 16.6. The molecule has 0 saturated heterocycles. The quantitative estimate of drug-likeness (QED) is 0.341. The molecule has 1 heterocycles. The molecule has 0 atom stereocenters. The standard InChI is InChI=1S/C18H29NO2S2/c1-3-5-7-9-13-22-15-11-12-16(19-17(15)18(20)21)23-14-10-8-6-4-2/h11-12H,3-10,13-14H2,1-2H3,(H,20,21). The normalized spacial score (nSPS) is 10.9. The van der Waals surface area contributed by atoms with Crippen molar-refractivity contribution in [3.05, 3.63) is 17.8 Å². The fraction of sp³-hybridized carbons (Fsp3) is 0.667. The zero-order valence-electron chi connectivity index (χ0n) is 14.3. The highest BCUT2D eigenvalue weighted by Crippen LogP contribution is 2.27. The summed E-state index contributed by atoms with van der Waals surface area (Å²) in [6, 6.07) is 3.89. The van der Waals surface area contributed by atoms with Gasteiger partial charge in [-0.25, -0.2) is 9.78 Å². The van der Waals surface area contributed by atoms with E-state index in [1.165, 1.54) is 38.5 Å². The second-order valence-electron chi connectivity index (χ2n) is 5.62. The molecule has 0 aliphatic heterocycles. The molecule has 130 valence electrons. The van der Waals surface area contributed by atoms with Crippen molar-refractivity contribution in [1.82, 2.24) is 4.98 Å². The van der Waals surface area contributed by atoms with Crippen LogP contribution in [0.5, 0.6) is 0 Å². The van der Waals surface area contributed by atoms with Crippen LogP contribution in [0.3, 0.4) is 0 Å². The minimum absolute atomic E-state index is 0.212. The number of carbonyl (C=O) groups is 1. The number of unbranched alkanes of at least 4 members (excludes halogenated alkanes) is 6. The van der Waals surface area contributed by atoms with Gasteiger partial charge in [0.25, 0.3) is 0 Å². The van der Waals surface area contributed by atoms with E-state index in [0.29, 0.717) is 0 Å². The van der Waals surface area contributed by atoms with Gasteiger partial charge < -0.3 is 5.11 Å². The maximum absolute atomic E-state index is 11.4. The molecule has 1 aromatic heterocycles. The minimum atomic E-state index is -0.922. The van der Waals surface area contributed by atoms with E-state index in [1.807, 2.05) is 12.1 Å². The van der Waals surface area contributed by atoms with Gasteiger partial charge in [-0.1, -0.05) is 52.4 Å². The number of hydrogen-bond donors (Lipinski definition) is 1. The molecule has 0 aliphatic rings. The van der Waals surface area contributed by atoms with Gasteiger partial charge in [-0.05, 0) is 36.5 Å². The molecule has 3 nitrogen and oxygen atoms in total. The highest BCUT2D eigenvalue weighted by molar-refractivity contribution is 7.99. The summed E-state index contributed by atoms with van der Waals surface area (Å²) in [5.41, 5.74) is 0.212. The largest absolute Gasteiger partial charge is 0.476 e. The summed E-state index contributed by atoms with van der Waals surface area (Å²) in [5, 5.41) is 10.2. The lowest BCUT2D eigenvalue weighted by atomic mass is 10.2. The number of aromatic carboxylic acids is 1. The Morgan fingerprint density at radius 2 is 1.57 bits per heavy atom. The van der Waals surface area contributed by atoms with Crippen LogP contribution >= 0.6 is 23.5 Å². The molecule has 0 aliphatic carbocycles. The molecule has 0 bridgehead atoms. The summed E-state index contributed by atoms with van der Waals surface area (Å²) < 4.78 is 0. The Morgan fingerprint density at radius 1 is 0.957 bits per heavy atom. The van der Waals surface area contributed by atoms with Gasteiger partial charge in [0.1, 0.15) is 0 Å². The van der Waals surface area contributed by atoms with Crippen molar-refractivity contribution in [2.75, 3.05) is 11.5 Å². The predicted octanol–water partition coefficient (Wildman–Crippen LogP) is 6.12. The van der Waals surface area contributed by atoms with Crippen molar-refractivity contribution in [3.63, 3.8) is 0 Å². The summed E-state index contributed by atoms with van der Waals surface area (Å²) in [6.07, 6.45) is 9.71. The zero-order chi connectivity index (χ0) is 16.9. The zero-order valence-corrected chi connectivity index (χ0v) is 16.0. The van der Waals surface area contributed by atoms with E-state index >= 15 is 0 Å². The monoisotopic (exact) mass is 355 g/mol. The molecule has 0 aromatic carbocycles. The smallest absolute Gasteiger partial charge is 0.355 e. The highest BCUT2D eigenvalue weighted by atomic mass is 32.2. The molecule has 5 heteroatoms. The van der Waals surface area contributed by atoms with Gasteiger partial charge >= 0.3 is 5.97 Å². The summed E-state index contributed by atoms with van der Waals surface area (Å²) in [6.45, 7) is 4.39. The number of pyridine rings is 1. The van der Waals surface area contributed by atoms with E-state index in [4.69, 9.17) is 0 Å². The van der Waals surface area contributed by atoms with Crippen LogP contribution in [0.4, 0.5) is 0 Å². The molecular weight excluding hydrogens is 326 g/mol. The van der Waals surface area contributed by atoms with Crippen LogP contribution in [0, 0.1) is 0 Å². The van der Waals surface area contributed by atoms with Crippen molar-refractivity contribution < 1.29 is 9.90 Å². The molecule has 0 fully saturated rings. The highest BCUT2D eigenvalue weighted by Gasteiger charge is 2.13. The molecule has 23 heavy (non-hydrogen) atoms. The van der Waals surface area contributed by atoms with E-state index < -0.39 is 5.97 Å². The van der Waals surface area contributed by atoms with Gasteiger partial charge in [0.2, 0.25) is 0 Å². The van der Waals surface area contributed by atoms with Gasteiger partial charge in [-0.15, -0.1) is 23.5 Å². The van der Waals surface area contributed by atoms with E-state index in [2.05, 4.69) is 18.8 Å². The van der Waals surface area contributed by atoms with Crippen molar-refractivity contribution in [1.29, 1.82) is 0 Å². The van der Waals surface area contributed by atoms with Gasteiger partial charge in [-0.2, -0.15) is 0 Å². The first-order chi connectivity index (χ1) is 11.2. The van der Waals surface area contributed by atoms with E-state index in [-0.39, 0.29) is 5.69 Å². The summed E-state index contributed by atoms with van der Waals surface area (Å²) in [5.74, 6) is 1.05. The van der Waals surface area contributed by atoms with Crippen molar-refractivity contribution in [2.45, 2.75) is 75.1 Å². The van der Waals surface area contributed by atoms with Crippen molar-refractivity contribution in [3.8, 4) is 0 Å². The molecule has 0 spiro atoms. The van der Waals surface area contributed by atoms with Crippen LogP contribution in [0.15, 0.2) is 22.1 Å². The maximum Gasteiger partial charge on any atom is 0.355 e. The molecule has 1 N–H and O–H groups in total. The Bertz CT molecular complexity index is 466. The van der Waals surface area contributed by atoms with E-state index in [0.717, 1.165) is 34.3 Å². The lowest BCUT2D eigenvalue weighted by molar-refractivity contribution is 0.0685. The van der Waals surface area contributed by atoms with Gasteiger partial charge in [0, 0.05) is 4.90 Å². The number of carboxylic acids is 1. The van der Waals surface area contributed by atoms with Crippen molar-refractivity contribution >= 4 is 29.5 Å². The van der Waals surface area contributed by atoms with E-state index in [9.17, 15) is 9.90 Å². The second kappa shape index (κ2) is 12.7. The fourth-order valence-corrected chi connectivity index (χ4v) is 4.08. The first kappa shape index (κ1) is 20.4. The Hall–Kier alpha value is -0.680. The lowest BCUT2D eigenvalue weighted by Gasteiger charge is -2.08. The lowest BCUT2D eigenvalue weighted by Crippen LogP contribution is -2.04. The first-order valence-corrected chi connectivity index (χ1v) is 10.7. The number of aromatic nitrogens is 1. The van der Waals surface area contributed by atoms with Gasteiger partial charge in [0.05, 0.1) is 5.03 Å². The Morgan fingerprint density at radius 3 is 2.13 bits per heavy atom. The van der Waals surface area contributed by atoms with Crippen LogP contribution in [-0.4, -0.2) is 27.6 Å². The van der Waals surface area contributed by atoms with E-state index in [1.54, 1.807) is 23.5 Å². The molecule has 1 aromatic rings. The Balaban J connectivity index is 2.51. The number of hydrogen-bond acceptors (Lipinski definition) is 4. The predicted molar refractivity (Wildman–Crippen MR) is 101 cm³/mol. The van der Waals surface area contributed by atoms with Crippen molar-refractivity contribution in [2.24, 2.45) is 0 Å². The number of thioether (sulfide) groups is 2. The molecule has 1 rings (SSSR count). The molecule has 0 saturated carbocycles. The topological polar surface area (TPSA) is 50.2 Å². The second-order valence-corrected chi connectivity index (χ2v) is 7.87. The summed E-state index contributed by atoms with van der Waals surface area (Å²) in [7, 11) is 0. The average molecular weight is 356 g/mol. The fourth-order valence-electron chi connectivity index (χ4n) is 2.20. The summed E-state index contributed by atoms with van der Waals surface area (Å²) >= 11 is 3.28. The number of carboxylic acid groups (broad SMARTS) is 1. The maximum atomic E-state index is 11.4. The Kier molecular flexibility index (Phi) is 11.3. The number of nitrogens with zero attached hydrogens (tertiary/aromatic N) is 1. The molecule has 0 radical (unpaired) electrons. The van der Waals surface area contributed by atoms with Gasteiger partial charge in [0.15, 0.2) is 5.69 Å². The average Bonchev–Trinajstić information content (AvgIpc) is 2.55. The molecular formula is C18H29NO2S2. The van der Waals surface area contributed by atoms with Crippen LogP contribution in [0.1, 0.15) is 75.7 Å². The van der Waals surface area contributed by atoms with Crippen LogP contribution in [-0.2, 0) is 0 Å². The third-order valence-electron chi connectivity index (χ3n) is 3.54. The molecule has 0 amide bonds.